The monoisotopic (exact) mass is 411 g/mol. The Morgan fingerprint density at radius 2 is 1.53 bits per heavy atom. The quantitative estimate of drug-likeness (QED) is 0.712. The molecule has 3 heterocycles. The summed E-state index contributed by atoms with van der Waals surface area (Å²) in [6.07, 6.45) is 5.96. The number of amides is 4. The van der Waals surface area contributed by atoms with E-state index in [9.17, 15) is 19.2 Å². The van der Waals surface area contributed by atoms with E-state index in [2.05, 4.69) is 0 Å². The fourth-order valence-electron chi connectivity index (χ4n) is 4.72. The fraction of sp³-hybridized carbons (Fsp3) is 0.565. The number of benzene rings is 1. The number of imide groups is 1. The highest BCUT2D eigenvalue weighted by molar-refractivity contribution is 6.11. The standard InChI is InChI=1S/C23H29N3O4/c27-20-15-18-7-3-4-8-19(18)23(30)26(20)16-21(28)24-13-9-17(10-14-24)22(29)25-11-5-1-2-6-12-25/h3-4,7-8,17H,1-2,5-6,9-16H2. The lowest BCUT2D eigenvalue weighted by atomic mass is 9.95. The van der Waals surface area contributed by atoms with Crippen LogP contribution in [0.4, 0.5) is 0 Å². The van der Waals surface area contributed by atoms with Crippen LogP contribution in [0.2, 0.25) is 0 Å². The van der Waals surface area contributed by atoms with Gasteiger partial charge in [0, 0.05) is 37.7 Å². The predicted molar refractivity (Wildman–Crippen MR) is 111 cm³/mol. The van der Waals surface area contributed by atoms with Crippen LogP contribution in [0.25, 0.3) is 0 Å². The van der Waals surface area contributed by atoms with Crippen molar-refractivity contribution >= 4 is 23.6 Å². The lowest BCUT2D eigenvalue weighted by Gasteiger charge is -2.35. The third-order valence-corrected chi connectivity index (χ3v) is 6.54. The maximum absolute atomic E-state index is 12.8. The van der Waals surface area contributed by atoms with Gasteiger partial charge in [0.2, 0.25) is 17.7 Å². The Bertz CT molecular complexity index is 837. The number of piperidine rings is 1. The van der Waals surface area contributed by atoms with Gasteiger partial charge in [-0.1, -0.05) is 31.0 Å². The van der Waals surface area contributed by atoms with Gasteiger partial charge >= 0.3 is 0 Å². The van der Waals surface area contributed by atoms with E-state index < -0.39 is 5.91 Å². The number of carbonyl (C=O) groups is 4. The molecule has 1 aromatic carbocycles. The highest BCUT2D eigenvalue weighted by Gasteiger charge is 2.35. The van der Waals surface area contributed by atoms with Gasteiger partial charge < -0.3 is 9.80 Å². The molecule has 0 saturated carbocycles. The van der Waals surface area contributed by atoms with Crippen LogP contribution in [0, 0.1) is 5.92 Å². The molecule has 1 aromatic rings. The van der Waals surface area contributed by atoms with Gasteiger partial charge in [-0.3, -0.25) is 24.1 Å². The van der Waals surface area contributed by atoms with E-state index in [1.165, 1.54) is 12.8 Å². The molecule has 0 aliphatic carbocycles. The van der Waals surface area contributed by atoms with Gasteiger partial charge in [-0.05, 0) is 37.3 Å². The average molecular weight is 412 g/mol. The molecule has 0 bridgehead atoms. The van der Waals surface area contributed by atoms with E-state index in [4.69, 9.17) is 0 Å². The third-order valence-electron chi connectivity index (χ3n) is 6.54. The van der Waals surface area contributed by atoms with Crippen molar-refractivity contribution in [3.63, 3.8) is 0 Å². The summed E-state index contributed by atoms with van der Waals surface area (Å²) in [6.45, 7) is 2.46. The first-order valence-corrected chi connectivity index (χ1v) is 11.0. The number of hydrogen-bond donors (Lipinski definition) is 0. The van der Waals surface area contributed by atoms with Gasteiger partial charge in [-0.25, -0.2) is 0 Å². The Labute approximate surface area is 177 Å². The number of hydrogen-bond acceptors (Lipinski definition) is 4. The van der Waals surface area contributed by atoms with Crippen molar-refractivity contribution in [3.05, 3.63) is 35.4 Å². The van der Waals surface area contributed by atoms with Crippen LogP contribution in [-0.4, -0.2) is 71.1 Å². The van der Waals surface area contributed by atoms with Crippen LogP contribution in [0.15, 0.2) is 24.3 Å². The summed E-state index contributed by atoms with van der Waals surface area (Å²) < 4.78 is 0. The molecule has 160 valence electrons. The van der Waals surface area contributed by atoms with Crippen molar-refractivity contribution in [2.45, 2.75) is 44.9 Å². The number of carbonyl (C=O) groups excluding carboxylic acids is 4. The molecule has 0 unspecified atom stereocenters. The van der Waals surface area contributed by atoms with E-state index in [0.29, 0.717) is 37.1 Å². The lowest BCUT2D eigenvalue weighted by Crippen LogP contribution is -2.51. The van der Waals surface area contributed by atoms with Crippen LogP contribution in [0.1, 0.15) is 54.4 Å². The van der Waals surface area contributed by atoms with Crippen LogP contribution < -0.4 is 0 Å². The molecular weight excluding hydrogens is 382 g/mol. The minimum Gasteiger partial charge on any atom is -0.342 e. The second kappa shape index (κ2) is 8.98. The van der Waals surface area contributed by atoms with Gasteiger partial charge in [0.15, 0.2) is 0 Å². The summed E-state index contributed by atoms with van der Waals surface area (Å²) in [5, 5.41) is 0. The highest BCUT2D eigenvalue weighted by Crippen LogP contribution is 2.23. The Hall–Kier alpha value is -2.70. The molecule has 30 heavy (non-hydrogen) atoms. The van der Waals surface area contributed by atoms with Crippen molar-refractivity contribution < 1.29 is 19.2 Å². The minimum atomic E-state index is -0.401. The maximum Gasteiger partial charge on any atom is 0.261 e. The third kappa shape index (κ3) is 4.25. The van der Waals surface area contributed by atoms with E-state index in [0.717, 1.165) is 30.8 Å². The molecule has 3 aliphatic heterocycles. The zero-order chi connectivity index (χ0) is 21.1. The van der Waals surface area contributed by atoms with Crippen molar-refractivity contribution in [2.24, 2.45) is 5.92 Å². The Morgan fingerprint density at radius 3 is 2.23 bits per heavy atom. The Kier molecular flexibility index (Phi) is 6.16. The van der Waals surface area contributed by atoms with E-state index in [-0.39, 0.29) is 36.6 Å². The molecule has 2 fully saturated rings. The number of fused-ring (bicyclic) bond motifs is 1. The van der Waals surface area contributed by atoms with Crippen LogP contribution in [0.5, 0.6) is 0 Å². The number of likely N-dealkylation sites (tertiary alicyclic amines) is 2. The molecule has 0 aromatic heterocycles. The van der Waals surface area contributed by atoms with Crippen molar-refractivity contribution in [2.75, 3.05) is 32.7 Å². The summed E-state index contributed by atoms with van der Waals surface area (Å²) in [5.41, 5.74) is 1.20. The first-order valence-electron chi connectivity index (χ1n) is 11.0. The Morgan fingerprint density at radius 1 is 0.867 bits per heavy atom. The van der Waals surface area contributed by atoms with Gasteiger partial charge in [0.25, 0.3) is 5.91 Å². The van der Waals surface area contributed by atoms with Gasteiger partial charge in [0.1, 0.15) is 6.54 Å². The first kappa shape index (κ1) is 20.6. The highest BCUT2D eigenvalue weighted by atomic mass is 16.2. The first-order chi connectivity index (χ1) is 14.5. The molecule has 7 heteroatoms. The smallest absolute Gasteiger partial charge is 0.261 e. The number of nitrogens with zero attached hydrogens (tertiary/aromatic N) is 3. The predicted octanol–water partition coefficient (Wildman–Crippen LogP) is 1.85. The maximum atomic E-state index is 12.8. The SMILES string of the molecule is O=C(CN1C(=O)Cc2ccccc2C1=O)N1CCC(C(=O)N2CCCCCC2)CC1. The van der Waals surface area contributed by atoms with Crippen LogP contribution >= 0.6 is 0 Å². The molecule has 0 spiro atoms. The van der Waals surface area contributed by atoms with E-state index >= 15 is 0 Å². The zero-order valence-corrected chi connectivity index (χ0v) is 17.3. The summed E-state index contributed by atoms with van der Waals surface area (Å²) in [5.74, 6) is -0.768. The summed E-state index contributed by atoms with van der Waals surface area (Å²) in [4.78, 5) is 55.4. The normalized spacial score (nSPS) is 20.7. The van der Waals surface area contributed by atoms with Crippen molar-refractivity contribution in [1.82, 2.24) is 14.7 Å². The van der Waals surface area contributed by atoms with Gasteiger partial charge in [-0.2, -0.15) is 0 Å². The molecule has 0 N–H and O–H groups in total. The van der Waals surface area contributed by atoms with Crippen LogP contribution in [0.3, 0.4) is 0 Å². The fourth-order valence-corrected chi connectivity index (χ4v) is 4.72. The molecule has 0 atom stereocenters. The summed E-state index contributed by atoms with van der Waals surface area (Å²) in [7, 11) is 0. The second-order valence-electron chi connectivity index (χ2n) is 8.51. The second-order valence-corrected chi connectivity index (χ2v) is 8.51. The van der Waals surface area contributed by atoms with Crippen molar-refractivity contribution in [1.29, 1.82) is 0 Å². The topological polar surface area (TPSA) is 78.0 Å². The molecular formula is C23H29N3O4. The molecule has 4 amide bonds. The van der Waals surface area contributed by atoms with Crippen molar-refractivity contribution in [3.8, 4) is 0 Å². The zero-order valence-electron chi connectivity index (χ0n) is 17.3. The van der Waals surface area contributed by atoms with Gasteiger partial charge in [0.05, 0.1) is 6.42 Å². The Balaban J connectivity index is 1.32. The molecule has 3 aliphatic rings. The largest absolute Gasteiger partial charge is 0.342 e. The molecule has 7 nitrogen and oxygen atoms in total. The molecule has 2 saturated heterocycles. The van der Waals surface area contributed by atoms with Gasteiger partial charge in [-0.15, -0.1) is 0 Å². The van der Waals surface area contributed by atoms with Crippen LogP contribution in [-0.2, 0) is 20.8 Å². The minimum absolute atomic E-state index is 0.0303. The van der Waals surface area contributed by atoms with E-state index in [1.807, 2.05) is 4.90 Å². The molecule has 0 radical (unpaired) electrons. The summed E-state index contributed by atoms with van der Waals surface area (Å²) in [6, 6.07) is 7.04. The van der Waals surface area contributed by atoms with E-state index in [1.54, 1.807) is 29.2 Å². The number of rotatable bonds is 3. The average Bonchev–Trinajstić information content (AvgIpc) is 3.06. The molecule has 4 rings (SSSR count). The lowest BCUT2D eigenvalue weighted by molar-refractivity contribution is -0.142. The summed E-state index contributed by atoms with van der Waals surface area (Å²) >= 11 is 0.